The Balaban J connectivity index is 1.81. The summed E-state index contributed by atoms with van der Waals surface area (Å²) in [5.74, 6) is -0.284. The first-order valence-electron chi connectivity index (χ1n) is 6.99. The molecule has 1 aromatic carbocycles. The lowest BCUT2D eigenvalue weighted by Gasteiger charge is -2.21. The van der Waals surface area contributed by atoms with E-state index < -0.39 is 6.10 Å². The van der Waals surface area contributed by atoms with Crippen LogP contribution in [0.2, 0.25) is 0 Å². The number of nitrogens with zero attached hydrogens (tertiary/aromatic N) is 2. The highest BCUT2D eigenvalue weighted by Gasteiger charge is 2.14. The maximum absolute atomic E-state index is 13.1. The van der Waals surface area contributed by atoms with E-state index in [1.54, 1.807) is 12.1 Å². The molecule has 1 N–H and O–H groups in total. The Kier molecular flexibility index (Phi) is 5.31. The van der Waals surface area contributed by atoms with Crippen molar-refractivity contribution in [3.8, 4) is 0 Å². The van der Waals surface area contributed by atoms with Gasteiger partial charge in [0.25, 0.3) is 0 Å². The predicted molar refractivity (Wildman–Crippen MR) is 74.5 cm³/mol. The minimum absolute atomic E-state index is 0.284. The quantitative estimate of drug-likeness (QED) is 0.901. The number of halogens is 1. The number of aliphatic hydroxyl groups excluding tert-OH is 1. The van der Waals surface area contributed by atoms with Crippen molar-refractivity contribution in [2.75, 3.05) is 39.8 Å². The van der Waals surface area contributed by atoms with E-state index in [4.69, 9.17) is 0 Å². The third-order valence-corrected chi connectivity index (χ3v) is 3.76. The molecule has 1 atom stereocenters. The highest BCUT2D eigenvalue weighted by atomic mass is 19.1. The van der Waals surface area contributed by atoms with Crippen molar-refractivity contribution in [1.82, 2.24) is 9.80 Å². The van der Waals surface area contributed by atoms with Gasteiger partial charge in [-0.3, -0.25) is 0 Å². The van der Waals surface area contributed by atoms with Crippen molar-refractivity contribution in [3.05, 3.63) is 35.6 Å². The monoisotopic (exact) mass is 266 g/mol. The van der Waals surface area contributed by atoms with Gasteiger partial charge in [-0.05, 0) is 50.7 Å². The second-order valence-corrected chi connectivity index (χ2v) is 5.36. The first-order chi connectivity index (χ1) is 9.15. The minimum Gasteiger partial charge on any atom is -0.388 e. The molecule has 4 heteroatoms. The fourth-order valence-corrected chi connectivity index (χ4v) is 2.51. The van der Waals surface area contributed by atoms with Crippen LogP contribution in [0.15, 0.2) is 24.3 Å². The fourth-order valence-electron chi connectivity index (χ4n) is 2.51. The second kappa shape index (κ2) is 6.98. The highest BCUT2D eigenvalue weighted by Crippen LogP contribution is 2.18. The zero-order chi connectivity index (χ0) is 13.7. The summed E-state index contributed by atoms with van der Waals surface area (Å²) in [7, 11) is 2.14. The van der Waals surface area contributed by atoms with Crippen LogP contribution in [0.4, 0.5) is 4.39 Å². The van der Waals surface area contributed by atoms with E-state index in [1.807, 2.05) is 0 Å². The molecule has 1 aliphatic rings. The standard InChI is InChI=1S/C15H23FN2O/c1-17-7-3-8-18(11-10-17)9-6-15(19)13-4-2-5-14(16)12-13/h2,4-5,12,15,19H,3,6-11H2,1H3. The highest BCUT2D eigenvalue weighted by molar-refractivity contribution is 5.18. The van der Waals surface area contributed by atoms with E-state index in [2.05, 4.69) is 16.8 Å². The van der Waals surface area contributed by atoms with Crippen LogP contribution in [-0.2, 0) is 0 Å². The van der Waals surface area contributed by atoms with Crippen LogP contribution in [0, 0.1) is 5.82 Å². The van der Waals surface area contributed by atoms with Crippen molar-refractivity contribution in [2.45, 2.75) is 18.9 Å². The fraction of sp³-hybridized carbons (Fsp3) is 0.600. The van der Waals surface area contributed by atoms with Gasteiger partial charge in [0.05, 0.1) is 6.10 Å². The molecule has 0 saturated carbocycles. The van der Waals surface area contributed by atoms with Gasteiger partial charge >= 0.3 is 0 Å². The molecule has 1 aromatic rings. The predicted octanol–water partition coefficient (Wildman–Crippen LogP) is 1.89. The Morgan fingerprint density at radius 3 is 2.89 bits per heavy atom. The molecule has 2 rings (SSSR count). The Morgan fingerprint density at radius 2 is 2.11 bits per heavy atom. The van der Waals surface area contributed by atoms with Gasteiger partial charge < -0.3 is 14.9 Å². The van der Waals surface area contributed by atoms with Crippen molar-refractivity contribution in [3.63, 3.8) is 0 Å². The van der Waals surface area contributed by atoms with Gasteiger partial charge in [-0.15, -0.1) is 0 Å². The van der Waals surface area contributed by atoms with E-state index >= 15 is 0 Å². The van der Waals surface area contributed by atoms with Crippen LogP contribution in [0.3, 0.4) is 0 Å². The summed E-state index contributed by atoms with van der Waals surface area (Å²) in [5, 5.41) is 10.1. The number of hydrogen-bond acceptors (Lipinski definition) is 3. The maximum Gasteiger partial charge on any atom is 0.123 e. The van der Waals surface area contributed by atoms with E-state index in [0.717, 1.165) is 32.7 Å². The second-order valence-electron chi connectivity index (χ2n) is 5.36. The van der Waals surface area contributed by atoms with Crippen molar-refractivity contribution in [1.29, 1.82) is 0 Å². The minimum atomic E-state index is -0.573. The van der Waals surface area contributed by atoms with E-state index in [-0.39, 0.29) is 5.82 Å². The molecule has 3 nitrogen and oxygen atoms in total. The lowest BCUT2D eigenvalue weighted by Crippen LogP contribution is -2.30. The molecular weight excluding hydrogens is 243 g/mol. The summed E-state index contributed by atoms with van der Waals surface area (Å²) >= 11 is 0. The summed E-state index contributed by atoms with van der Waals surface area (Å²) in [6.45, 7) is 5.22. The van der Waals surface area contributed by atoms with Crippen molar-refractivity contribution in [2.24, 2.45) is 0 Å². The molecule has 1 saturated heterocycles. The van der Waals surface area contributed by atoms with Crippen LogP contribution in [0.25, 0.3) is 0 Å². The summed E-state index contributed by atoms with van der Waals surface area (Å²) in [5.41, 5.74) is 0.673. The zero-order valence-electron chi connectivity index (χ0n) is 11.6. The molecule has 19 heavy (non-hydrogen) atoms. The molecule has 0 amide bonds. The topological polar surface area (TPSA) is 26.7 Å². The van der Waals surface area contributed by atoms with E-state index in [1.165, 1.54) is 18.6 Å². The van der Waals surface area contributed by atoms with Crippen molar-refractivity contribution < 1.29 is 9.50 Å². The van der Waals surface area contributed by atoms with Crippen LogP contribution in [-0.4, -0.2) is 54.7 Å². The normalized spacial score (nSPS) is 20.2. The first kappa shape index (κ1) is 14.4. The van der Waals surface area contributed by atoms with Crippen LogP contribution < -0.4 is 0 Å². The average molecular weight is 266 g/mol. The Morgan fingerprint density at radius 1 is 1.26 bits per heavy atom. The molecule has 106 valence electrons. The molecule has 0 bridgehead atoms. The third-order valence-electron chi connectivity index (χ3n) is 3.76. The molecule has 1 fully saturated rings. The van der Waals surface area contributed by atoms with Crippen molar-refractivity contribution >= 4 is 0 Å². The number of rotatable bonds is 4. The van der Waals surface area contributed by atoms with Gasteiger partial charge in [0.15, 0.2) is 0 Å². The molecule has 0 spiro atoms. The lowest BCUT2D eigenvalue weighted by molar-refractivity contribution is 0.142. The molecule has 1 aliphatic heterocycles. The van der Waals surface area contributed by atoms with Gasteiger partial charge in [-0.25, -0.2) is 4.39 Å². The Bertz CT molecular complexity index is 399. The number of aliphatic hydroxyl groups is 1. The molecule has 0 aromatic heterocycles. The number of hydrogen-bond donors (Lipinski definition) is 1. The Hall–Kier alpha value is -0.970. The summed E-state index contributed by atoms with van der Waals surface area (Å²) in [6, 6.07) is 6.25. The molecular formula is C15H23FN2O. The lowest BCUT2D eigenvalue weighted by atomic mass is 10.1. The first-order valence-corrected chi connectivity index (χ1v) is 6.99. The smallest absolute Gasteiger partial charge is 0.123 e. The summed E-state index contributed by atoms with van der Waals surface area (Å²) < 4.78 is 13.1. The maximum atomic E-state index is 13.1. The Labute approximate surface area is 114 Å². The van der Waals surface area contributed by atoms with E-state index in [9.17, 15) is 9.50 Å². The van der Waals surface area contributed by atoms with Crippen LogP contribution in [0.5, 0.6) is 0 Å². The number of likely N-dealkylation sites (N-methyl/N-ethyl adjacent to an activating group) is 1. The van der Waals surface area contributed by atoms with Crippen LogP contribution >= 0.6 is 0 Å². The number of benzene rings is 1. The molecule has 0 aliphatic carbocycles. The zero-order valence-corrected chi connectivity index (χ0v) is 11.6. The molecule has 1 unspecified atom stereocenters. The largest absolute Gasteiger partial charge is 0.388 e. The molecule has 0 radical (unpaired) electrons. The van der Waals surface area contributed by atoms with Crippen LogP contribution in [0.1, 0.15) is 24.5 Å². The van der Waals surface area contributed by atoms with Gasteiger partial charge in [0, 0.05) is 19.6 Å². The SMILES string of the molecule is CN1CCCN(CCC(O)c2cccc(F)c2)CC1. The van der Waals surface area contributed by atoms with Gasteiger partial charge in [-0.1, -0.05) is 12.1 Å². The third kappa shape index (κ3) is 4.56. The molecule has 1 heterocycles. The van der Waals surface area contributed by atoms with Gasteiger partial charge in [-0.2, -0.15) is 0 Å². The van der Waals surface area contributed by atoms with Gasteiger partial charge in [0.2, 0.25) is 0 Å². The summed E-state index contributed by atoms with van der Waals surface area (Å²) in [6.07, 6.45) is 1.26. The van der Waals surface area contributed by atoms with E-state index in [0.29, 0.717) is 12.0 Å². The summed E-state index contributed by atoms with van der Waals surface area (Å²) in [4.78, 5) is 4.72. The van der Waals surface area contributed by atoms with Gasteiger partial charge in [0.1, 0.15) is 5.82 Å². The average Bonchev–Trinajstić information content (AvgIpc) is 2.61.